The zero-order valence-electron chi connectivity index (χ0n) is 11.5. The molecule has 2 rings (SSSR count). The molecule has 0 aliphatic heterocycles. The largest absolute Gasteiger partial charge is 0.289 e. The highest BCUT2D eigenvalue weighted by Gasteiger charge is 2.29. The Morgan fingerprint density at radius 3 is 2.52 bits per heavy atom. The molecule has 0 N–H and O–H groups in total. The number of hydrogen-bond acceptors (Lipinski definition) is 5. The summed E-state index contributed by atoms with van der Waals surface area (Å²) in [5.41, 5.74) is 0.594. The van der Waals surface area contributed by atoms with E-state index in [1.807, 2.05) is 18.4 Å². The predicted octanol–water partition coefficient (Wildman–Crippen LogP) is 2.79. The third-order valence-electron chi connectivity index (χ3n) is 3.08. The molecule has 6 nitrogen and oxygen atoms in total. The normalized spacial score (nSPS) is 11.8. The summed E-state index contributed by atoms with van der Waals surface area (Å²) in [6, 6.07) is 7.28. The van der Waals surface area contributed by atoms with Crippen molar-refractivity contribution in [1.29, 1.82) is 0 Å². The highest BCUT2D eigenvalue weighted by atomic mass is 32.2. The van der Waals surface area contributed by atoms with Crippen LogP contribution in [0.25, 0.3) is 0 Å². The number of thiophene rings is 1. The van der Waals surface area contributed by atoms with E-state index in [1.165, 1.54) is 42.6 Å². The van der Waals surface area contributed by atoms with Gasteiger partial charge in [0.25, 0.3) is 5.69 Å². The van der Waals surface area contributed by atoms with Crippen LogP contribution >= 0.6 is 11.3 Å². The molecule has 8 heteroatoms. The molecule has 1 aromatic carbocycles. The Hall–Kier alpha value is -1.77. The van der Waals surface area contributed by atoms with Crippen LogP contribution in [0.2, 0.25) is 0 Å². The minimum atomic E-state index is -3.91. The first-order chi connectivity index (χ1) is 9.84. The molecule has 0 aliphatic rings. The molecule has 2 aromatic rings. The first-order valence-electron chi connectivity index (χ1n) is 6.06. The molecule has 1 aromatic heterocycles. The Kier molecular flexibility index (Phi) is 4.40. The lowest BCUT2D eigenvalue weighted by Crippen LogP contribution is -2.27. The van der Waals surface area contributed by atoms with Crippen molar-refractivity contribution in [1.82, 2.24) is 4.31 Å². The molecular formula is C13H14N2O4S2. The fourth-order valence-corrected chi connectivity index (χ4v) is 4.18. The highest BCUT2D eigenvalue weighted by Crippen LogP contribution is 2.27. The molecule has 112 valence electrons. The minimum Gasteiger partial charge on any atom is -0.258 e. The van der Waals surface area contributed by atoms with Crippen molar-refractivity contribution in [2.75, 3.05) is 7.05 Å². The van der Waals surface area contributed by atoms with Gasteiger partial charge in [0.1, 0.15) is 0 Å². The maximum absolute atomic E-state index is 12.5. The van der Waals surface area contributed by atoms with Crippen molar-refractivity contribution in [3.8, 4) is 0 Å². The smallest absolute Gasteiger partial charge is 0.258 e. The number of benzene rings is 1. The van der Waals surface area contributed by atoms with Gasteiger partial charge in [0.05, 0.1) is 4.92 Å². The van der Waals surface area contributed by atoms with Crippen molar-refractivity contribution >= 4 is 27.0 Å². The fraction of sp³-hybridized carbons (Fsp3) is 0.231. The van der Waals surface area contributed by atoms with Gasteiger partial charge < -0.3 is 0 Å². The number of para-hydroxylation sites is 1. The maximum atomic E-state index is 12.5. The van der Waals surface area contributed by atoms with Crippen molar-refractivity contribution in [3.05, 3.63) is 56.3 Å². The third-order valence-corrected chi connectivity index (χ3v) is 5.94. The van der Waals surface area contributed by atoms with Crippen LogP contribution in [0.1, 0.15) is 10.4 Å². The summed E-state index contributed by atoms with van der Waals surface area (Å²) < 4.78 is 26.2. The number of nitrogens with zero attached hydrogens (tertiary/aromatic N) is 2. The first kappa shape index (κ1) is 15.6. The minimum absolute atomic E-state index is 0.192. The monoisotopic (exact) mass is 326 g/mol. The topological polar surface area (TPSA) is 80.5 Å². The standard InChI is InChI=1S/C13H14N2O4S2/c1-10-7-8-20-12(10)9-14(2)21(18,19)13-6-4-3-5-11(13)15(16)17/h3-8H,9H2,1-2H3. The van der Waals surface area contributed by atoms with Crippen LogP contribution in [-0.4, -0.2) is 24.7 Å². The van der Waals surface area contributed by atoms with E-state index in [9.17, 15) is 18.5 Å². The Morgan fingerprint density at radius 1 is 1.29 bits per heavy atom. The summed E-state index contributed by atoms with van der Waals surface area (Å²) in [5.74, 6) is 0. The number of sulfonamides is 1. The maximum Gasteiger partial charge on any atom is 0.289 e. The molecule has 0 saturated carbocycles. The number of nitro groups is 1. The van der Waals surface area contributed by atoms with Crippen LogP contribution < -0.4 is 0 Å². The molecule has 0 amide bonds. The van der Waals surface area contributed by atoms with Gasteiger partial charge >= 0.3 is 0 Å². The van der Waals surface area contributed by atoms with E-state index >= 15 is 0 Å². The SMILES string of the molecule is Cc1ccsc1CN(C)S(=O)(=O)c1ccccc1[N+](=O)[O-]. The van der Waals surface area contributed by atoms with E-state index in [0.717, 1.165) is 14.7 Å². The van der Waals surface area contributed by atoms with Gasteiger partial charge in [-0.2, -0.15) is 4.31 Å². The summed E-state index contributed by atoms with van der Waals surface area (Å²) in [6.07, 6.45) is 0. The Labute approximate surface area is 126 Å². The number of nitro benzene ring substituents is 1. The van der Waals surface area contributed by atoms with Crippen LogP contribution in [0.3, 0.4) is 0 Å². The Balaban J connectivity index is 2.38. The van der Waals surface area contributed by atoms with Gasteiger partial charge in [-0.3, -0.25) is 10.1 Å². The van der Waals surface area contributed by atoms with E-state index in [1.54, 1.807) is 0 Å². The molecule has 1 heterocycles. The summed E-state index contributed by atoms with van der Waals surface area (Å²) in [6.45, 7) is 2.09. The number of hydrogen-bond donors (Lipinski definition) is 0. The zero-order chi connectivity index (χ0) is 15.6. The van der Waals surface area contributed by atoms with Crippen molar-refractivity contribution < 1.29 is 13.3 Å². The molecule has 0 radical (unpaired) electrons. The summed E-state index contributed by atoms with van der Waals surface area (Å²) in [5, 5.41) is 12.9. The van der Waals surface area contributed by atoms with E-state index in [0.29, 0.717) is 0 Å². The predicted molar refractivity (Wildman–Crippen MR) is 80.8 cm³/mol. The fourth-order valence-electron chi connectivity index (χ4n) is 1.85. The lowest BCUT2D eigenvalue weighted by Gasteiger charge is -2.16. The molecule has 0 unspecified atom stereocenters. The molecule has 0 atom stereocenters. The molecule has 0 saturated heterocycles. The van der Waals surface area contributed by atoms with E-state index in [2.05, 4.69) is 0 Å². The second-order valence-electron chi connectivity index (χ2n) is 4.51. The Morgan fingerprint density at radius 2 is 1.95 bits per heavy atom. The average molecular weight is 326 g/mol. The lowest BCUT2D eigenvalue weighted by atomic mass is 10.3. The third kappa shape index (κ3) is 3.12. The van der Waals surface area contributed by atoms with Crippen LogP contribution in [0.5, 0.6) is 0 Å². The summed E-state index contributed by atoms with van der Waals surface area (Å²) in [4.78, 5) is 10.9. The van der Waals surface area contributed by atoms with Gasteiger partial charge in [0.2, 0.25) is 10.0 Å². The van der Waals surface area contributed by atoms with Crippen molar-refractivity contribution in [2.24, 2.45) is 0 Å². The van der Waals surface area contributed by atoms with Crippen molar-refractivity contribution in [3.63, 3.8) is 0 Å². The zero-order valence-corrected chi connectivity index (χ0v) is 13.1. The average Bonchev–Trinajstić information content (AvgIpc) is 2.84. The van der Waals surface area contributed by atoms with E-state index in [-0.39, 0.29) is 11.4 Å². The van der Waals surface area contributed by atoms with Gasteiger partial charge in [-0.25, -0.2) is 8.42 Å². The second-order valence-corrected chi connectivity index (χ2v) is 7.53. The second kappa shape index (κ2) is 5.92. The number of rotatable bonds is 5. The van der Waals surface area contributed by atoms with Crippen LogP contribution in [0.4, 0.5) is 5.69 Å². The van der Waals surface area contributed by atoms with Gasteiger partial charge in [0.15, 0.2) is 4.90 Å². The summed E-state index contributed by atoms with van der Waals surface area (Å²) >= 11 is 1.46. The lowest BCUT2D eigenvalue weighted by molar-refractivity contribution is -0.387. The molecule has 21 heavy (non-hydrogen) atoms. The van der Waals surface area contributed by atoms with Gasteiger partial charge in [0, 0.05) is 24.5 Å². The quantitative estimate of drug-likeness (QED) is 0.625. The van der Waals surface area contributed by atoms with Crippen LogP contribution in [0.15, 0.2) is 40.6 Å². The van der Waals surface area contributed by atoms with Crippen LogP contribution in [0, 0.1) is 17.0 Å². The van der Waals surface area contributed by atoms with E-state index in [4.69, 9.17) is 0 Å². The first-order valence-corrected chi connectivity index (χ1v) is 8.38. The van der Waals surface area contributed by atoms with Gasteiger partial charge in [-0.1, -0.05) is 12.1 Å². The summed E-state index contributed by atoms with van der Waals surface area (Å²) in [7, 11) is -2.49. The molecule has 0 aliphatic carbocycles. The number of aryl methyl sites for hydroxylation is 1. The molecule has 0 spiro atoms. The highest BCUT2D eigenvalue weighted by molar-refractivity contribution is 7.89. The van der Waals surface area contributed by atoms with Crippen LogP contribution in [-0.2, 0) is 16.6 Å². The Bertz CT molecular complexity index is 768. The van der Waals surface area contributed by atoms with E-state index < -0.39 is 20.6 Å². The van der Waals surface area contributed by atoms with Gasteiger partial charge in [-0.15, -0.1) is 11.3 Å². The molecular weight excluding hydrogens is 312 g/mol. The van der Waals surface area contributed by atoms with Crippen molar-refractivity contribution in [2.45, 2.75) is 18.4 Å². The molecule has 0 bridgehead atoms. The van der Waals surface area contributed by atoms with Gasteiger partial charge in [-0.05, 0) is 30.0 Å². The molecule has 0 fully saturated rings.